The highest BCUT2D eigenvalue weighted by Gasteiger charge is 2.20. The van der Waals surface area contributed by atoms with Crippen LogP contribution in [0.25, 0.3) is 11.0 Å². The summed E-state index contributed by atoms with van der Waals surface area (Å²) < 4.78 is 1.58. The molecule has 0 aliphatic carbocycles. The van der Waals surface area contributed by atoms with E-state index >= 15 is 0 Å². The van der Waals surface area contributed by atoms with Gasteiger partial charge in [0.25, 0.3) is 11.8 Å². The Bertz CT molecular complexity index is 1250. The number of aryl methyl sites for hydroxylation is 2. The molecule has 2 amide bonds. The van der Waals surface area contributed by atoms with Gasteiger partial charge in [-0.3, -0.25) is 14.3 Å². The van der Waals surface area contributed by atoms with E-state index in [1.807, 2.05) is 31.2 Å². The third kappa shape index (κ3) is 3.90. The smallest absolute Gasteiger partial charge is 0.271 e. The van der Waals surface area contributed by atoms with Crippen LogP contribution in [-0.4, -0.2) is 36.5 Å². The fourth-order valence-corrected chi connectivity index (χ4v) is 3.79. The fourth-order valence-electron chi connectivity index (χ4n) is 2.98. The van der Waals surface area contributed by atoms with Crippen molar-refractivity contribution in [2.24, 2.45) is 7.05 Å². The molecule has 3 aromatic heterocycles. The molecule has 0 bridgehead atoms. The van der Waals surface area contributed by atoms with E-state index in [9.17, 15) is 9.59 Å². The molecule has 0 aliphatic heterocycles. The minimum absolute atomic E-state index is 0.240. The lowest BCUT2D eigenvalue weighted by atomic mass is 10.2. The zero-order valence-electron chi connectivity index (χ0n) is 16.6. The molecule has 1 unspecified atom stereocenters. The summed E-state index contributed by atoms with van der Waals surface area (Å²) in [6.45, 7) is 3.77. The Hall–Kier alpha value is -3.66. The third-order valence-corrected chi connectivity index (χ3v) is 5.66. The lowest BCUT2D eigenvalue weighted by molar-refractivity contribution is 0.0936. The standard InChI is InChI=1S/C20H19N7O2S/c1-11-5-4-6-13(7-11)26-18(28)15-9-21-20(30-15)12(2)25-19(29)16-14-8-24-27(3)17(14)23-10-22-16/h4-10,12H,1-3H3,(H,25,29)(H,26,28). The van der Waals surface area contributed by atoms with Crippen LogP contribution in [0.4, 0.5) is 5.69 Å². The summed E-state index contributed by atoms with van der Waals surface area (Å²) in [6, 6.07) is 7.17. The molecule has 10 heteroatoms. The van der Waals surface area contributed by atoms with Crippen LogP contribution in [0.1, 0.15) is 43.7 Å². The number of nitrogens with one attached hydrogen (secondary N) is 2. The Morgan fingerprint density at radius 1 is 1.13 bits per heavy atom. The molecule has 1 aromatic carbocycles. The van der Waals surface area contributed by atoms with Crippen molar-refractivity contribution in [2.75, 3.05) is 5.32 Å². The van der Waals surface area contributed by atoms with Crippen LogP contribution in [0, 0.1) is 6.92 Å². The molecule has 4 rings (SSSR count). The minimum atomic E-state index is -0.398. The number of rotatable bonds is 5. The highest BCUT2D eigenvalue weighted by Crippen LogP contribution is 2.22. The molecular weight excluding hydrogens is 402 g/mol. The maximum Gasteiger partial charge on any atom is 0.271 e. The van der Waals surface area contributed by atoms with Gasteiger partial charge in [-0.15, -0.1) is 11.3 Å². The van der Waals surface area contributed by atoms with Crippen molar-refractivity contribution in [3.8, 4) is 0 Å². The maximum absolute atomic E-state index is 12.7. The number of hydrogen-bond acceptors (Lipinski definition) is 7. The van der Waals surface area contributed by atoms with Crippen LogP contribution in [-0.2, 0) is 7.05 Å². The van der Waals surface area contributed by atoms with E-state index < -0.39 is 6.04 Å². The van der Waals surface area contributed by atoms with Gasteiger partial charge in [-0.1, -0.05) is 12.1 Å². The molecule has 0 spiro atoms. The Balaban J connectivity index is 1.46. The second-order valence-corrected chi connectivity index (χ2v) is 7.87. The summed E-state index contributed by atoms with van der Waals surface area (Å²) in [7, 11) is 1.75. The fraction of sp³-hybridized carbons (Fsp3) is 0.200. The molecule has 0 aliphatic rings. The van der Waals surface area contributed by atoms with Gasteiger partial charge in [0.05, 0.1) is 23.8 Å². The van der Waals surface area contributed by atoms with Crippen LogP contribution in [0.2, 0.25) is 0 Å². The molecule has 1 atom stereocenters. The van der Waals surface area contributed by atoms with Crippen molar-refractivity contribution in [1.82, 2.24) is 30.0 Å². The predicted octanol–water partition coefficient (Wildman–Crippen LogP) is 2.87. The maximum atomic E-state index is 12.7. The number of carbonyl (C=O) groups excluding carboxylic acids is 2. The monoisotopic (exact) mass is 421 g/mol. The van der Waals surface area contributed by atoms with Gasteiger partial charge in [0.15, 0.2) is 5.65 Å². The van der Waals surface area contributed by atoms with E-state index in [0.29, 0.717) is 20.9 Å². The second-order valence-electron chi connectivity index (χ2n) is 6.81. The molecular formula is C20H19N7O2S. The molecule has 0 radical (unpaired) electrons. The Labute approximate surface area is 176 Å². The lowest BCUT2D eigenvalue weighted by Gasteiger charge is -2.11. The van der Waals surface area contributed by atoms with Gasteiger partial charge in [-0.2, -0.15) is 5.10 Å². The molecule has 9 nitrogen and oxygen atoms in total. The first-order chi connectivity index (χ1) is 14.4. The first kappa shape index (κ1) is 19.6. The normalized spacial score (nSPS) is 12.0. The van der Waals surface area contributed by atoms with E-state index in [2.05, 4.69) is 30.7 Å². The van der Waals surface area contributed by atoms with Crippen LogP contribution < -0.4 is 10.6 Å². The number of carbonyl (C=O) groups is 2. The van der Waals surface area contributed by atoms with Gasteiger partial charge in [-0.05, 0) is 31.5 Å². The third-order valence-electron chi connectivity index (χ3n) is 4.49. The lowest BCUT2D eigenvalue weighted by Crippen LogP contribution is -2.27. The van der Waals surface area contributed by atoms with Gasteiger partial charge in [0.2, 0.25) is 0 Å². The van der Waals surface area contributed by atoms with E-state index in [4.69, 9.17) is 0 Å². The van der Waals surface area contributed by atoms with Crippen LogP contribution in [0.15, 0.2) is 43.0 Å². The summed E-state index contributed by atoms with van der Waals surface area (Å²) in [5, 5.41) is 11.0. The molecule has 2 N–H and O–H groups in total. The molecule has 0 saturated heterocycles. The first-order valence-electron chi connectivity index (χ1n) is 9.19. The number of fused-ring (bicyclic) bond motifs is 1. The molecule has 152 valence electrons. The molecule has 4 aromatic rings. The van der Waals surface area contributed by atoms with E-state index in [1.165, 1.54) is 23.9 Å². The van der Waals surface area contributed by atoms with Crippen molar-refractivity contribution < 1.29 is 9.59 Å². The second kappa shape index (κ2) is 7.99. The van der Waals surface area contributed by atoms with E-state index in [0.717, 1.165) is 11.3 Å². The van der Waals surface area contributed by atoms with Crippen molar-refractivity contribution in [3.63, 3.8) is 0 Å². The molecule has 3 heterocycles. The number of anilines is 1. The molecule has 0 fully saturated rings. The number of amides is 2. The van der Waals surface area contributed by atoms with Crippen molar-refractivity contribution in [1.29, 1.82) is 0 Å². The van der Waals surface area contributed by atoms with Crippen molar-refractivity contribution in [3.05, 3.63) is 64.1 Å². The topological polar surface area (TPSA) is 115 Å². The van der Waals surface area contributed by atoms with Crippen LogP contribution in [0.5, 0.6) is 0 Å². The Morgan fingerprint density at radius 2 is 1.97 bits per heavy atom. The summed E-state index contributed by atoms with van der Waals surface area (Å²) >= 11 is 1.23. The highest BCUT2D eigenvalue weighted by atomic mass is 32.1. The van der Waals surface area contributed by atoms with E-state index in [1.54, 1.807) is 24.9 Å². The largest absolute Gasteiger partial charge is 0.342 e. The summed E-state index contributed by atoms with van der Waals surface area (Å²) in [5.41, 5.74) is 2.60. The molecule has 30 heavy (non-hydrogen) atoms. The number of hydrogen-bond donors (Lipinski definition) is 2. The van der Waals surface area contributed by atoms with Crippen LogP contribution in [0.3, 0.4) is 0 Å². The number of benzene rings is 1. The average molecular weight is 421 g/mol. The SMILES string of the molecule is Cc1cccc(NC(=O)c2cnc(C(C)NC(=O)c3ncnc4c3cnn4C)s2)c1. The number of thiazole rings is 1. The predicted molar refractivity (Wildman–Crippen MR) is 113 cm³/mol. The summed E-state index contributed by atoms with van der Waals surface area (Å²) in [4.78, 5) is 38.2. The number of nitrogens with zero attached hydrogens (tertiary/aromatic N) is 5. The number of aromatic nitrogens is 5. The van der Waals surface area contributed by atoms with Gasteiger partial charge in [-0.25, -0.2) is 15.0 Å². The first-order valence-corrected chi connectivity index (χ1v) is 10.0. The van der Waals surface area contributed by atoms with Gasteiger partial charge >= 0.3 is 0 Å². The highest BCUT2D eigenvalue weighted by molar-refractivity contribution is 7.13. The Morgan fingerprint density at radius 3 is 2.77 bits per heavy atom. The van der Waals surface area contributed by atoms with Crippen molar-refractivity contribution in [2.45, 2.75) is 19.9 Å². The zero-order valence-corrected chi connectivity index (χ0v) is 17.4. The van der Waals surface area contributed by atoms with Crippen molar-refractivity contribution >= 4 is 39.9 Å². The quantitative estimate of drug-likeness (QED) is 0.512. The average Bonchev–Trinajstić information content (AvgIpc) is 3.35. The van der Waals surface area contributed by atoms with Gasteiger partial charge in [0, 0.05) is 12.7 Å². The summed E-state index contributed by atoms with van der Waals surface area (Å²) in [5.74, 6) is -0.598. The van der Waals surface area contributed by atoms with Crippen LogP contribution >= 0.6 is 11.3 Å². The van der Waals surface area contributed by atoms with Gasteiger partial charge in [0.1, 0.15) is 21.9 Å². The molecule has 0 saturated carbocycles. The summed E-state index contributed by atoms with van der Waals surface area (Å²) in [6.07, 6.45) is 4.41. The zero-order chi connectivity index (χ0) is 21.3. The van der Waals surface area contributed by atoms with E-state index in [-0.39, 0.29) is 17.5 Å². The van der Waals surface area contributed by atoms with Gasteiger partial charge < -0.3 is 10.6 Å². The Kier molecular flexibility index (Phi) is 5.23. The minimum Gasteiger partial charge on any atom is -0.342 e.